The molecule has 4 rings (SSSR count). The maximum atomic E-state index is 12.7. The van der Waals surface area contributed by atoms with Crippen molar-refractivity contribution in [2.24, 2.45) is 0 Å². The van der Waals surface area contributed by atoms with Gasteiger partial charge in [0.1, 0.15) is 0 Å². The van der Waals surface area contributed by atoms with Gasteiger partial charge in [0.25, 0.3) is 0 Å². The molecule has 0 unspecified atom stereocenters. The third-order valence-corrected chi connectivity index (χ3v) is 6.00. The Labute approximate surface area is 184 Å². The van der Waals surface area contributed by atoms with Gasteiger partial charge in [-0.05, 0) is 31.2 Å². The average Bonchev–Trinajstić information content (AvgIpc) is 3.47. The Balaban J connectivity index is 1.27. The van der Waals surface area contributed by atoms with Crippen LogP contribution in [0, 0.1) is 0 Å². The van der Waals surface area contributed by atoms with Crippen LogP contribution in [0.25, 0.3) is 11.6 Å². The van der Waals surface area contributed by atoms with E-state index in [4.69, 9.17) is 4.42 Å². The van der Waals surface area contributed by atoms with Crippen molar-refractivity contribution >= 4 is 29.4 Å². The minimum atomic E-state index is -0.144. The molecule has 3 heterocycles. The lowest BCUT2D eigenvalue weighted by Crippen LogP contribution is -2.52. The van der Waals surface area contributed by atoms with E-state index in [2.05, 4.69) is 15.5 Å². The Hall–Kier alpha value is -3.27. The number of nitrogens with zero attached hydrogens (tertiary/aromatic N) is 5. The molecule has 1 aliphatic rings. The van der Waals surface area contributed by atoms with Gasteiger partial charge < -0.3 is 19.5 Å². The molecule has 3 amide bonds. The summed E-state index contributed by atoms with van der Waals surface area (Å²) in [6.45, 7) is 4.71. The lowest BCUT2D eigenvalue weighted by molar-refractivity contribution is -0.129. The number of carbonyl (C=O) groups is 2. The summed E-state index contributed by atoms with van der Waals surface area (Å²) in [5, 5.41) is 12.0. The van der Waals surface area contributed by atoms with Crippen LogP contribution in [0.3, 0.4) is 0 Å². The number of furan rings is 1. The number of carbonyl (C=O) groups excluding carboxylic acids is 2. The second kappa shape index (κ2) is 9.69. The first-order chi connectivity index (χ1) is 15.2. The predicted octanol–water partition coefficient (Wildman–Crippen LogP) is 3.03. The van der Waals surface area contributed by atoms with E-state index in [0.717, 1.165) is 5.69 Å². The summed E-state index contributed by atoms with van der Waals surface area (Å²) in [4.78, 5) is 28.6. The van der Waals surface area contributed by atoms with Gasteiger partial charge in [-0.15, -0.1) is 10.2 Å². The molecule has 31 heavy (non-hydrogen) atoms. The first kappa shape index (κ1) is 21.0. The first-order valence-corrected chi connectivity index (χ1v) is 11.1. The van der Waals surface area contributed by atoms with E-state index < -0.39 is 0 Å². The number of amides is 3. The van der Waals surface area contributed by atoms with Crippen LogP contribution in [0.15, 0.2) is 58.3 Å². The summed E-state index contributed by atoms with van der Waals surface area (Å²) in [5.74, 6) is 1.60. The molecule has 0 spiro atoms. The fraction of sp³-hybridized carbons (Fsp3) is 0.333. The van der Waals surface area contributed by atoms with Crippen molar-refractivity contribution in [3.63, 3.8) is 0 Å². The molecule has 1 saturated heterocycles. The predicted molar refractivity (Wildman–Crippen MR) is 118 cm³/mol. The van der Waals surface area contributed by atoms with E-state index in [0.29, 0.717) is 49.5 Å². The van der Waals surface area contributed by atoms with Crippen molar-refractivity contribution in [1.29, 1.82) is 0 Å². The third-order valence-electron chi connectivity index (χ3n) is 5.04. The van der Waals surface area contributed by atoms with Crippen LogP contribution >= 0.6 is 11.8 Å². The molecule has 9 nitrogen and oxygen atoms in total. The summed E-state index contributed by atoms with van der Waals surface area (Å²) >= 11 is 1.36. The van der Waals surface area contributed by atoms with Crippen molar-refractivity contribution in [1.82, 2.24) is 24.6 Å². The van der Waals surface area contributed by atoms with Crippen LogP contribution in [0.1, 0.15) is 6.92 Å². The van der Waals surface area contributed by atoms with E-state index in [1.165, 1.54) is 11.8 Å². The van der Waals surface area contributed by atoms with Crippen molar-refractivity contribution in [2.75, 3.05) is 37.2 Å². The highest BCUT2D eigenvalue weighted by atomic mass is 32.2. The van der Waals surface area contributed by atoms with E-state index in [1.54, 1.807) is 22.1 Å². The normalized spacial score (nSPS) is 14.0. The zero-order chi connectivity index (χ0) is 21.6. The van der Waals surface area contributed by atoms with E-state index in [-0.39, 0.29) is 17.7 Å². The summed E-state index contributed by atoms with van der Waals surface area (Å²) < 4.78 is 7.35. The molecule has 0 saturated carbocycles. The van der Waals surface area contributed by atoms with Crippen LogP contribution in [0.2, 0.25) is 0 Å². The number of urea groups is 1. The number of hydrogen-bond donors (Lipinski definition) is 1. The largest absolute Gasteiger partial charge is 0.461 e. The molecule has 1 aliphatic heterocycles. The average molecular weight is 441 g/mol. The zero-order valence-electron chi connectivity index (χ0n) is 17.2. The van der Waals surface area contributed by atoms with Crippen LogP contribution in [0.4, 0.5) is 10.5 Å². The van der Waals surface area contributed by atoms with Gasteiger partial charge in [0.05, 0.1) is 12.0 Å². The minimum Gasteiger partial charge on any atom is -0.461 e. The first-order valence-electron chi connectivity index (χ1n) is 10.1. The number of aromatic nitrogens is 3. The minimum absolute atomic E-state index is 0.0262. The van der Waals surface area contributed by atoms with E-state index in [9.17, 15) is 9.59 Å². The van der Waals surface area contributed by atoms with Crippen molar-refractivity contribution in [3.8, 4) is 11.6 Å². The smallest absolute Gasteiger partial charge is 0.321 e. The maximum absolute atomic E-state index is 12.7. The summed E-state index contributed by atoms with van der Waals surface area (Å²) in [6, 6.07) is 12.8. The second-order valence-corrected chi connectivity index (χ2v) is 7.92. The number of piperazine rings is 1. The summed E-state index contributed by atoms with van der Waals surface area (Å²) in [6.07, 6.45) is 1.60. The second-order valence-electron chi connectivity index (χ2n) is 6.98. The van der Waals surface area contributed by atoms with Crippen LogP contribution < -0.4 is 5.32 Å². The van der Waals surface area contributed by atoms with Crippen molar-refractivity contribution in [3.05, 3.63) is 48.7 Å². The highest BCUT2D eigenvalue weighted by molar-refractivity contribution is 7.99. The Morgan fingerprint density at radius 3 is 2.45 bits per heavy atom. The molecular weight excluding hydrogens is 416 g/mol. The number of para-hydroxylation sites is 1. The molecule has 1 aromatic carbocycles. The molecule has 0 radical (unpaired) electrons. The van der Waals surface area contributed by atoms with Gasteiger partial charge in [-0.1, -0.05) is 30.0 Å². The van der Waals surface area contributed by atoms with Gasteiger partial charge in [-0.3, -0.25) is 9.36 Å². The van der Waals surface area contributed by atoms with Crippen LogP contribution in [-0.4, -0.2) is 68.4 Å². The monoisotopic (exact) mass is 440 g/mol. The summed E-state index contributed by atoms with van der Waals surface area (Å²) in [5.41, 5.74) is 0.761. The summed E-state index contributed by atoms with van der Waals surface area (Å²) in [7, 11) is 0. The molecule has 2 aromatic heterocycles. The Morgan fingerprint density at radius 2 is 1.77 bits per heavy atom. The molecule has 1 N–H and O–H groups in total. The fourth-order valence-corrected chi connectivity index (χ4v) is 4.27. The third kappa shape index (κ3) is 4.91. The molecule has 0 bridgehead atoms. The number of benzene rings is 1. The molecule has 3 aromatic rings. The number of rotatable bonds is 6. The fourth-order valence-electron chi connectivity index (χ4n) is 3.37. The number of thioether (sulfide) groups is 1. The van der Waals surface area contributed by atoms with Gasteiger partial charge in [-0.25, -0.2) is 4.79 Å². The molecule has 10 heteroatoms. The standard InChI is InChI=1S/C21H24N6O3S/c1-2-27-19(17-9-6-14-30-17)23-24-21(27)31-15-18(28)25-10-12-26(13-11-25)20(29)22-16-7-4-3-5-8-16/h3-9,14H,2,10-13,15H2,1H3,(H,22,29). The Morgan fingerprint density at radius 1 is 1.03 bits per heavy atom. The van der Waals surface area contributed by atoms with Crippen molar-refractivity contribution < 1.29 is 14.0 Å². The highest BCUT2D eigenvalue weighted by Gasteiger charge is 2.25. The van der Waals surface area contributed by atoms with Gasteiger partial charge in [-0.2, -0.15) is 0 Å². The molecule has 0 atom stereocenters. The van der Waals surface area contributed by atoms with Gasteiger partial charge >= 0.3 is 6.03 Å². The number of anilines is 1. The highest BCUT2D eigenvalue weighted by Crippen LogP contribution is 2.24. The quantitative estimate of drug-likeness (QED) is 0.592. The van der Waals surface area contributed by atoms with Crippen LogP contribution in [0.5, 0.6) is 0 Å². The molecule has 1 fully saturated rings. The Bertz CT molecular complexity index is 1010. The van der Waals surface area contributed by atoms with Gasteiger partial charge in [0, 0.05) is 38.4 Å². The van der Waals surface area contributed by atoms with Crippen molar-refractivity contribution in [2.45, 2.75) is 18.6 Å². The van der Waals surface area contributed by atoms with Gasteiger partial charge in [0.2, 0.25) is 5.91 Å². The molecular formula is C21H24N6O3S. The molecule has 162 valence electrons. The van der Waals surface area contributed by atoms with Crippen LogP contribution in [-0.2, 0) is 11.3 Å². The SMILES string of the molecule is CCn1c(SCC(=O)N2CCN(C(=O)Nc3ccccc3)CC2)nnc1-c1ccco1. The zero-order valence-corrected chi connectivity index (χ0v) is 18.0. The molecule has 0 aliphatic carbocycles. The van der Waals surface area contributed by atoms with E-state index in [1.807, 2.05) is 47.9 Å². The number of hydrogen-bond acceptors (Lipinski definition) is 6. The lowest BCUT2D eigenvalue weighted by Gasteiger charge is -2.34. The topological polar surface area (TPSA) is 96.5 Å². The maximum Gasteiger partial charge on any atom is 0.321 e. The lowest BCUT2D eigenvalue weighted by atomic mass is 10.3. The Kier molecular flexibility index (Phi) is 6.56. The van der Waals surface area contributed by atoms with E-state index >= 15 is 0 Å². The van der Waals surface area contributed by atoms with Gasteiger partial charge in [0.15, 0.2) is 16.7 Å². The number of nitrogens with one attached hydrogen (secondary N) is 1.